The van der Waals surface area contributed by atoms with E-state index in [0.29, 0.717) is 6.42 Å². The second-order valence-corrected chi connectivity index (χ2v) is 5.39. The average Bonchev–Trinajstić information content (AvgIpc) is 2.68. The first-order valence-electron chi connectivity index (χ1n) is 5.50. The minimum atomic E-state index is -4.24. The Morgan fingerprint density at radius 1 is 1.50 bits per heavy atom. The normalized spacial score (nSPS) is 26.1. The summed E-state index contributed by atoms with van der Waals surface area (Å²) in [4.78, 5) is 1.42. The largest absolute Gasteiger partial charge is 0.405 e. The molecule has 2 nitrogen and oxygen atoms in total. The smallest absolute Gasteiger partial charge is 0.326 e. The maximum atomic E-state index is 12.9. The fraction of sp³-hybridized carbons (Fsp3) is 1.00. The van der Waals surface area contributed by atoms with Gasteiger partial charge in [-0.15, -0.1) is 0 Å². The van der Waals surface area contributed by atoms with Crippen molar-refractivity contribution in [2.45, 2.75) is 44.1 Å². The fourth-order valence-electron chi connectivity index (χ4n) is 2.07. The number of thioether (sulfide) groups is 1. The molecule has 0 radical (unpaired) electrons. The Labute approximate surface area is 98.7 Å². The second-order valence-electron chi connectivity index (χ2n) is 4.24. The van der Waals surface area contributed by atoms with Crippen LogP contribution in [0.1, 0.15) is 19.8 Å². The lowest BCUT2D eigenvalue weighted by atomic mass is 10.0. The van der Waals surface area contributed by atoms with Crippen molar-refractivity contribution in [3.05, 3.63) is 0 Å². The number of likely N-dealkylation sites (N-methyl/N-ethyl adjacent to an activating group) is 1. The first-order chi connectivity index (χ1) is 7.38. The van der Waals surface area contributed by atoms with Crippen LogP contribution >= 0.6 is 11.8 Å². The van der Waals surface area contributed by atoms with Crippen LogP contribution in [-0.2, 0) is 0 Å². The monoisotopic (exact) mass is 256 g/mol. The first kappa shape index (κ1) is 14.1. The quantitative estimate of drug-likeness (QED) is 0.835. The predicted octanol–water partition coefficient (Wildman–Crippen LogP) is 2.09. The molecule has 3 atom stereocenters. The van der Waals surface area contributed by atoms with E-state index in [1.165, 1.54) is 4.90 Å². The average molecular weight is 256 g/mol. The summed E-state index contributed by atoms with van der Waals surface area (Å²) >= 11 is 1.71. The second kappa shape index (κ2) is 5.60. The number of halogens is 3. The van der Waals surface area contributed by atoms with Crippen LogP contribution in [-0.4, -0.2) is 47.8 Å². The Bertz CT molecular complexity index is 217. The van der Waals surface area contributed by atoms with Crippen molar-refractivity contribution in [2.24, 2.45) is 5.73 Å². The van der Waals surface area contributed by atoms with Crippen molar-refractivity contribution in [3.63, 3.8) is 0 Å². The van der Waals surface area contributed by atoms with Crippen LogP contribution in [0, 0.1) is 0 Å². The number of hydrogen-bond donors (Lipinski definition) is 1. The van der Waals surface area contributed by atoms with E-state index in [-0.39, 0.29) is 6.04 Å². The van der Waals surface area contributed by atoms with Gasteiger partial charge in [-0.05, 0) is 25.6 Å². The van der Waals surface area contributed by atoms with Crippen LogP contribution in [0.2, 0.25) is 0 Å². The Morgan fingerprint density at radius 2 is 2.12 bits per heavy atom. The van der Waals surface area contributed by atoms with Gasteiger partial charge in [0.2, 0.25) is 0 Å². The van der Waals surface area contributed by atoms with Crippen LogP contribution in [0.25, 0.3) is 0 Å². The lowest BCUT2D eigenvalue weighted by molar-refractivity contribution is -0.190. The van der Waals surface area contributed by atoms with E-state index in [2.05, 4.69) is 0 Å². The molecule has 1 fully saturated rings. The molecular formula is C10H19F3N2S. The number of nitrogens with two attached hydrogens (primary N) is 1. The molecule has 0 saturated carbocycles. The fourth-order valence-corrected chi connectivity index (χ4v) is 3.35. The van der Waals surface area contributed by atoms with E-state index < -0.39 is 18.3 Å². The number of nitrogens with zero attached hydrogens (tertiary/aromatic N) is 1. The molecule has 1 saturated heterocycles. The minimum Gasteiger partial charge on any atom is -0.326 e. The zero-order chi connectivity index (χ0) is 12.3. The maximum absolute atomic E-state index is 12.9. The Morgan fingerprint density at radius 3 is 2.50 bits per heavy atom. The van der Waals surface area contributed by atoms with Crippen LogP contribution in [0.3, 0.4) is 0 Å². The molecule has 3 unspecified atom stereocenters. The van der Waals surface area contributed by atoms with Gasteiger partial charge in [0.15, 0.2) is 0 Å². The van der Waals surface area contributed by atoms with Crippen molar-refractivity contribution in [3.8, 4) is 0 Å². The van der Waals surface area contributed by atoms with Gasteiger partial charge in [-0.2, -0.15) is 24.9 Å². The highest BCUT2D eigenvalue weighted by molar-refractivity contribution is 7.99. The molecule has 1 aliphatic heterocycles. The van der Waals surface area contributed by atoms with Crippen molar-refractivity contribution < 1.29 is 13.2 Å². The third-order valence-corrected chi connectivity index (χ3v) is 4.28. The third-order valence-electron chi connectivity index (χ3n) is 3.13. The van der Waals surface area contributed by atoms with E-state index in [0.717, 1.165) is 17.9 Å². The van der Waals surface area contributed by atoms with E-state index in [9.17, 15) is 13.2 Å². The van der Waals surface area contributed by atoms with Gasteiger partial charge >= 0.3 is 6.18 Å². The third kappa shape index (κ3) is 3.28. The van der Waals surface area contributed by atoms with Gasteiger partial charge < -0.3 is 5.73 Å². The van der Waals surface area contributed by atoms with Crippen LogP contribution in [0.15, 0.2) is 0 Å². The van der Waals surface area contributed by atoms with E-state index in [1.54, 1.807) is 25.7 Å². The summed E-state index contributed by atoms with van der Waals surface area (Å²) in [5, 5.41) is 0. The van der Waals surface area contributed by atoms with Crippen molar-refractivity contribution in [2.75, 3.05) is 18.6 Å². The Hall–Kier alpha value is 0.0600. The molecule has 2 N–H and O–H groups in total. The summed E-state index contributed by atoms with van der Waals surface area (Å²) in [7, 11) is 1.55. The van der Waals surface area contributed by atoms with Crippen molar-refractivity contribution >= 4 is 11.8 Å². The van der Waals surface area contributed by atoms with Crippen molar-refractivity contribution in [1.82, 2.24) is 4.90 Å². The summed E-state index contributed by atoms with van der Waals surface area (Å²) < 4.78 is 38.8. The zero-order valence-corrected chi connectivity index (χ0v) is 10.4. The van der Waals surface area contributed by atoms with E-state index >= 15 is 0 Å². The molecule has 0 amide bonds. The summed E-state index contributed by atoms with van der Waals surface area (Å²) in [6.07, 6.45) is -3.07. The summed E-state index contributed by atoms with van der Waals surface area (Å²) in [6, 6.07) is -2.34. The molecule has 1 rings (SSSR count). The number of rotatable bonds is 4. The first-order valence-corrected chi connectivity index (χ1v) is 6.65. The van der Waals surface area contributed by atoms with Gasteiger partial charge in [0.25, 0.3) is 0 Å². The molecule has 0 spiro atoms. The van der Waals surface area contributed by atoms with E-state index in [1.807, 2.05) is 0 Å². The minimum absolute atomic E-state index is 0.00854. The SMILES string of the molecule is CCC(N)C(N(C)C1CCSC1)C(F)(F)F. The van der Waals surface area contributed by atoms with Crippen LogP contribution in [0.4, 0.5) is 13.2 Å². The molecule has 96 valence electrons. The number of alkyl halides is 3. The Kier molecular flexibility index (Phi) is 4.94. The molecule has 0 aromatic carbocycles. The maximum Gasteiger partial charge on any atom is 0.405 e. The van der Waals surface area contributed by atoms with Gasteiger partial charge in [0.05, 0.1) is 0 Å². The molecule has 0 aromatic rings. The highest BCUT2D eigenvalue weighted by Crippen LogP contribution is 2.31. The van der Waals surface area contributed by atoms with Gasteiger partial charge in [0, 0.05) is 17.8 Å². The highest BCUT2D eigenvalue weighted by atomic mass is 32.2. The number of hydrogen-bond acceptors (Lipinski definition) is 3. The standard InChI is InChI=1S/C10H19F3N2S/c1-3-8(14)9(10(11,12)13)15(2)7-4-5-16-6-7/h7-9H,3-6,14H2,1-2H3. The van der Waals surface area contributed by atoms with Gasteiger partial charge in [-0.1, -0.05) is 6.92 Å². The summed E-state index contributed by atoms with van der Waals surface area (Å²) in [5.74, 6) is 1.72. The lowest BCUT2D eigenvalue weighted by Crippen LogP contribution is -2.57. The molecule has 1 heterocycles. The van der Waals surface area contributed by atoms with Gasteiger partial charge in [0.1, 0.15) is 6.04 Å². The van der Waals surface area contributed by atoms with Gasteiger partial charge in [-0.3, -0.25) is 4.90 Å². The molecule has 0 bridgehead atoms. The zero-order valence-electron chi connectivity index (χ0n) is 9.63. The summed E-state index contributed by atoms with van der Waals surface area (Å²) in [6.45, 7) is 1.70. The molecule has 1 aliphatic rings. The van der Waals surface area contributed by atoms with Gasteiger partial charge in [-0.25, -0.2) is 0 Å². The van der Waals surface area contributed by atoms with Crippen LogP contribution < -0.4 is 5.73 Å². The lowest BCUT2D eigenvalue weighted by Gasteiger charge is -2.37. The Balaban J connectivity index is 2.75. The van der Waals surface area contributed by atoms with Crippen LogP contribution in [0.5, 0.6) is 0 Å². The molecule has 6 heteroatoms. The summed E-state index contributed by atoms with van der Waals surface area (Å²) in [5.41, 5.74) is 5.60. The van der Waals surface area contributed by atoms with Crippen molar-refractivity contribution in [1.29, 1.82) is 0 Å². The molecule has 0 aromatic heterocycles. The van der Waals surface area contributed by atoms with E-state index in [4.69, 9.17) is 5.73 Å². The predicted molar refractivity (Wildman–Crippen MR) is 61.6 cm³/mol. The highest BCUT2D eigenvalue weighted by Gasteiger charge is 2.47. The topological polar surface area (TPSA) is 29.3 Å². The molecule has 16 heavy (non-hydrogen) atoms. The molecule has 0 aliphatic carbocycles. The molecular weight excluding hydrogens is 237 g/mol.